The van der Waals surface area contributed by atoms with Gasteiger partial charge in [-0.2, -0.15) is 0 Å². The Kier molecular flexibility index (Phi) is 5.31. The molecule has 0 saturated heterocycles. The van der Waals surface area contributed by atoms with Crippen molar-refractivity contribution in [2.75, 3.05) is 0 Å². The van der Waals surface area contributed by atoms with Crippen molar-refractivity contribution in [1.29, 1.82) is 0 Å². The second-order valence-corrected chi connectivity index (χ2v) is 10.1. The molecule has 0 unspecified atom stereocenters. The minimum atomic E-state index is -0.0268. The van der Waals surface area contributed by atoms with E-state index in [9.17, 15) is 0 Å². The van der Waals surface area contributed by atoms with Crippen LogP contribution >= 0.6 is 0 Å². The fourth-order valence-electron chi connectivity index (χ4n) is 2.73. The monoisotopic (exact) mass is 344 g/mol. The average molecular weight is 345 g/mol. The van der Waals surface area contributed by atoms with Crippen molar-refractivity contribution in [3.63, 3.8) is 0 Å². The number of benzene rings is 2. The third-order valence-electron chi connectivity index (χ3n) is 4.00. The second kappa shape index (κ2) is 6.85. The second-order valence-electron chi connectivity index (χ2n) is 10.1. The molecule has 0 atom stereocenters. The number of fused-ring (bicyclic) bond motifs is 1. The first-order valence-electron chi connectivity index (χ1n) is 9.40. The molecular formula is C26H32. The van der Waals surface area contributed by atoms with E-state index >= 15 is 0 Å². The Labute approximate surface area is 160 Å². The van der Waals surface area contributed by atoms with Gasteiger partial charge in [-0.3, -0.25) is 0 Å². The van der Waals surface area contributed by atoms with Crippen LogP contribution in [0.5, 0.6) is 0 Å². The summed E-state index contributed by atoms with van der Waals surface area (Å²) in [6.07, 6.45) is 0. The first-order chi connectivity index (χ1) is 11.8. The molecule has 0 aliphatic rings. The third kappa shape index (κ3) is 5.16. The van der Waals surface area contributed by atoms with E-state index in [0.717, 1.165) is 11.1 Å². The molecule has 0 aliphatic carbocycles. The largest absolute Gasteiger partial charge is 0.0919 e. The molecule has 0 amide bonds. The van der Waals surface area contributed by atoms with E-state index in [2.05, 4.69) is 116 Å². The topological polar surface area (TPSA) is 0 Å². The van der Waals surface area contributed by atoms with E-state index in [4.69, 9.17) is 0 Å². The molecule has 0 spiro atoms. The smallest absolute Gasteiger partial charge is 0.0361 e. The van der Waals surface area contributed by atoms with E-state index in [1.54, 1.807) is 0 Å². The lowest BCUT2D eigenvalue weighted by molar-refractivity contribution is 0.570. The maximum atomic E-state index is 3.50. The fraction of sp³-hybridized carbons (Fsp3) is 0.462. The van der Waals surface area contributed by atoms with Crippen molar-refractivity contribution in [2.24, 2.45) is 10.8 Å². The normalized spacial score (nSPS) is 12.2. The minimum absolute atomic E-state index is 0.0115. The van der Waals surface area contributed by atoms with Gasteiger partial charge in [0, 0.05) is 22.0 Å². The molecule has 0 aliphatic heterocycles. The third-order valence-corrected chi connectivity index (χ3v) is 4.00. The Balaban J connectivity index is 2.82. The minimum Gasteiger partial charge on any atom is -0.0919 e. The Morgan fingerprint density at radius 1 is 0.615 bits per heavy atom. The van der Waals surface area contributed by atoms with Gasteiger partial charge in [0.25, 0.3) is 0 Å². The zero-order valence-corrected chi connectivity index (χ0v) is 17.9. The molecule has 0 saturated carbocycles. The van der Waals surface area contributed by atoms with Crippen molar-refractivity contribution in [2.45, 2.75) is 67.7 Å². The maximum absolute atomic E-state index is 3.50. The van der Waals surface area contributed by atoms with Crippen molar-refractivity contribution in [1.82, 2.24) is 0 Å². The van der Waals surface area contributed by atoms with Gasteiger partial charge in [-0.1, -0.05) is 68.7 Å². The molecule has 2 rings (SSSR count). The van der Waals surface area contributed by atoms with Crippen molar-refractivity contribution < 1.29 is 0 Å². The Hall–Kier alpha value is -2.18. The quantitative estimate of drug-likeness (QED) is 0.454. The van der Waals surface area contributed by atoms with Crippen LogP contribution in [-0.4, -0.2) is 0 Å². The predicted molar refractivity (Wildman–Crippen MR) is 115 cm³/mol. The summed E-state index contributed by atoms with van der Waals surface area (Å²) >= 11 is 0. The van der Waals surface area contributed by atoms with Crippen molar-refractivity contribution >= 4 is 10.8 Å². The summed E-state index contributed by atoms with van der Waals surface area (Å²) in [4.78, 5) is 0. The SMILES string of the molecule is CC(C)(C)C#Cc1cccc2c(C#CC(C)(C)C)c(C(C)(C)C)ccc12. The van der Waals surface area contributed by atoms with Crippen LogP contribution in [0.2, 0.25) is 0 Å². The van der Waals surface area contributed by atoms with Crippen LogP contribution < -0.4 is 0 Å². The summed E-state index contributed by atoms with van der Waals surface area (Å²) in [5, 5.41) is 2.39. The summed E-state index contributed by atoms with van der Waals surface area (Å²) in [6, 6.07) is 10.8. The van der Waals surface area contributed by atoms with E-state index in [0.29, 0.717) is 0 Å². The molecule has 0 fully saturated rings. The highest BCUT2D eigenvalue weighted by atomic mass is 14.2. The van der Waals surface area contributed by atoms with E-state index < -0.39 is 0 Å². The molecule has 0 aromatic heterocycles. The van der Waals surface area contributed by atoms with E-state index in [1.807, 2.05) is 0 Å². The first kappa shape index (κ1) is 20.1. The van der Waals surface area contributed by atoms with Crippen LogP contribution in [0.25, 0.3) is 10.8 Å². The molecule has 0 bridgehead atoms. The zero-order chi connectivity index (χ0) is 19.8. The van der Waals surface area contributed by atoms with Gasteiger partial charge in [-0.25, -0.2) is 0 Å². The van der Waals surface area contributed by atoms with Crippen LogP contribution in [0.1, 0.15) is 79.0 Å². The summed E-state index contributed by atoms with van der Waals surface area (Å²) in [6.45, 7) is 19.6. The van der Waals surface area contributed by atoms with Gasteiger partial charge in [-0.05, 0) is 69.4 Å². The lowest BCUT2D eigenvalue weighted by atomic mass is 9.81. The summed E-state index contributed by atoms with van der Waals surface area (Å²) in [5.74, 6) is 13.7. The van der Waals surface area contributed by atoms with Gasteiger partial charge < -0.3 is 0 Å². The van der Waals surface area contributed by atoms with Crippen LogP contribution in [0.3, 0.4) is 0 Å². The summed E-state index contributed by atoms with van der Waals surface area (Å²) < 4.78 is 0. The summed E-state index contributed by atoms with van der Waals surface area (Å²) in [5.41, 5.74) is 3.52. The molecule has 0 nitrogen and oxygen atoms in total. The van der Waals surface area contributed by atoms with Gasteiger partial charge in [0.2, 0.25) is 0 Å². The Bertz CT molecular complexity index is 928. The van der Waals surface area contributed by atoms with Gasteiger partial charge in [0.1, 0.15) is 0 Å². The Morgan fingerprint density at radius 2 is 1.19 bits per heavy atom. The van der Waals surface area contributed by atoms with Gasteiger partial charge in [0.05, 0.1) is 0 Å². The van der Waals surface area contributed by atoms with Crippen molar-refractivity contribution in [3.8, 4) is 23.7 Å². The highest BCUT2D eigenvalue weighted by Gasteiger charge is 2.20. The molecule has 0 heteroatoms. The van der Waals surface area contributed by atoms with Crippen LogP contribution in [0, 0.1) is 34.5 Å². The molecule has 2 aromatic carbocycles. The molecular weight excluding hydrogens is 312 g/mol. The molecule has 136 valence electrons. The number of hydrogen-bond donors (Lipinski definition) is 0. The maximum Gasteiger partial charge on any atom is 0.0361 e. The van der Waals surface area contributed by atoms with Gasteiger partial charge in [0.15, 0.2) is 0 Å². The molecule has 2 aromatic rings. The number of rotatable bonds is 0. The van der Waals surface area contributed by atoms with E-state index in [-0.39, 0.29) is 16.2 Å². The highest BCUT2D eigenvalue weighted by molar-refractivity contribution is 5.94. The van der Waals surface area contributed by atoms with Crippen molar-refractivity contribution in [3.05, 3.63) is 47.0 Å². The van der Waals surface area contributed by atoms with E-state index in [1.165, 1.54) is 16.3 Å². The van der Waals surface area contributed by atoms with Crippen LogP contribution in [0.15, 0.2) is 30.3 Å². The molecule has 0 heterocycles. The zero-order valence-electron chi connectivity index (χ0n) is 17.9. The standard InChI is InChI=1S/C26H32/c1-24(2,3)17-15-19-11-10-12-21-20(19)13-14-23(26(7,8)9)22(21)16-18-25(4,5)6/h10-14H,1-9H3. The van der Waals surface area contributed by atoms with Gasteiger partial charge >= 0.3 is 0 Å². The number of hydrogen-bond acceptors (Lipinski definition) is 0. The van der Waals surface area contributed by atoms with Crippen LogP contribution in [-0.2, 0) is 5.41 Å². The molecule has 26 heavy (non-hydrogen) atoms. The fourth-order valence-corrected chi connectivity index (χ4v) is 2.73. The van der Waals surface area contributed by atoms with Gasteiger partial charge in [-0.15, -0.1) is 0 Å². The Morgan fingerprint density at radius 3 is 1.73 bits per heavy atom. The lowest BCUT2D eigenvalue weighted by Crippen LogP contribution is -2.14. The first-order valence-corrected chi connectivity index (χ1v) is 9.40. The molecule has 0 radical (unpaired) electrons. The summed E-state index contributed by atoms with van der Waals surface area (Å²) in [7, 11) is 0. The average Bonchev–Trinajstić information content (AvgIpc) is 2.47. The van der Waals surface area contributed by atoms with Crippen LogP contribution in [0.4, 0.5) is 0 Å². The predicted octanol–water partition coefficient (Wildman–Crippen LogP) is 6.93. The highest BCUT2D eigenvalue weighted by Crippen LogP contribution is 2.32. The molecule has 0 N–H and O–H groups in total. The lowest BCUT2D eigenvalue weighted by Gasteiger charge is -2.22.